The lowest BCUT2D eigenvalue weighted by molar-refractivity contribution is 0.218. The highest BCUT2D eigenvalue weighted by atomic mass is 16.3. The van der Waals surface area contributed by atoms with Gasteiger partial charge in [-0.15, -0.1) is 12.5 Å². The van der Waals surface area contributed by atoms with Gasteiger partial charge in [-0.1, -0.05) is 23.8 Å². The average Bonchev–Trinajstić information content (AvgIpc) is 2.24. The Morgan fingerprint density at radius 1 is 1.27 bits per heavy atom. The van der Waals surface area contributed by atoms with Crippen LogP contribution >= 0.6 is 0 Å². The number of rotatable bonds is 5. The number of allylic oxidation sites excluding steroid dienone is 3. The lowest BCUT2D eigenvalue weighted by Gasteiger charge is -2.00. The van der Waals surface area contributed by atoms with E-state index in [-0.39, 0.29) is 0 Å². The Morgan fingerprint density at radius 2 is 2.00 bits per heavy atom. The fraction of sp³-hybridized carbons (Fsp3) is 0.429. The van der Waals surface area contributed by atoms with Gasteiger partial charge < -0.3 is 5.11 Å². The summed E-state index contributed by atoms with van der Waals surface area (Å²) >= 11 is 0. The van der Waals surface area contributed by atoms with E-state index in [1.54, 1.807) is 19.1 Å². The highest BCUT2D eigenvalue weighted by Crippen LogP contribution is 2.02. The number of aliphatic hydroxyl groups excluding tert-OH is 1. The van der Waals surface area contributed by atoms with Crippen molar-refractivity contribution in [3.05, 3.63) is 24.8 Å². The minimum atomic E-state index is -0.519. The summed E-state index contributed by atoms with van der Waals surface area (Å²) in [7, 11) is 0. The molecule has 1 nitrogen and oxygen atoms in total. The summed E-state index contributed by atoms with van der Waals surface area (Å²) in [5.41, 5.74) is 0. The zero-order valence-corrected chi connectivity index (χ0v) is 9.29. The smallest absolute Gasteiger partial charge is 0.115 e. The van der Waals surface area contributed by atoms with Crippen LogP contribution < -0.4 is 0 Å². The van der Waals surface area contributed by atoms with Gasteiger partial charge in [0.05, 0.1) is 0 Å². The number of aliphatic hydroxyl groups is 1. The predicted octanol–water partition coefficient (Wildman–Crippen LogP) is 2.68. The largest absolute Gasteiger partial charge is 0.380 e. The van der Waals surface area contributed by atoms with Crippen molar-refractivity contribution in [2.45, 2.75) is 38.7 Å². The van der Waals surface area contributed by atoms with E-state index < -0.39 is 6.10 Å². The third-order valence-corrected chi connectivity index (χ3v) is 1.78. The molecule has 0 aliphatic carbocycles. The van der Waals surface area contributed by atoms with Crippen LogP contribution in [0.3, 0.4) is 0 Å². The zero-order chi connectivity index (χ0) is 11.4. The summed E-state index contributed by atoms with van der Waals surface area (Å²) in [4.78, 5) is 0. The summed E-state index contributed by atoms with van der Waals surface area (Å²) < 4.78 is 0. The molecule has 0 radical (unpaired) electrons. The van der Waals surface area contributed by atoms with Crippen molar-refractivity contribution >= 4 is 0 Å². The Kier molecular flexibility index (Phi) is 9.62. The van der Waals surface area contributed by atoms with Crippen molar-refractivity contribution in [3.63, 3.8) is 0 Å². The first-order valence-corrected chi connectivity index (χ1v) is 5.18. The van der Waals surface area contributed by atoms with Gasteiger partial charge in [0, 0.05) is 0 Å². The van der Waals surface area contributed by atoms with Crippen LogP contribution in [-0.4, -0.2) is 11.2 Å². The molecule has 1 heteroatoms. The van der Waals surface area contributed by atoms with Crippen molar-refractivity contribution in [3.8, 4) is 23.7 Å². The molecule has 0 heterocycles. The lowest BCUT2D eigenvalue weighted by atomic mass is 10.1. The van der Waals surface area contributed by atoms with Gasteiger partial charge in [-0.25, -0.2) is 0 Å². The molecule has 80 valence electrons. The molecule has 1 unspecified atom stereocenters. The molecular formula is C14H18O. The van der Waals surface area contributed by atoms with Crippen LogP contribution in [0.1, 0.15) is 32.6 Å². The molecule has 0 aliphatic heterocycles. The molecule has 15 heavy (non-hydrogen) atoms. The highest BCUT2D eigenvalue weighted by molar-refractivity contribution is 5.25. The van der Waals surface area contributed by atoms with E-state index in [0.29, 0.717) is 0 Å². The molecule has 0 amide bonds. The van der Waals surface area contributed by atoms with Gasteiger partial charge in [0.1, 0.15) is 6.10 Å². The van der Waals surface area contributed by atoms with Crippen LogP contribution in [-0.2, 0) is 0 Å². The molecule has 0 aromatic carbocycles. The predicted molar refractivity (Wildman–Crippen MR) is 65.0 cm³/mol. The van der Waals surface area contributed by atoms with E-state index in [0.717, 1.165) is 25.7 Å². The van der Waals surface area contributed by atoms with E-state index in [9.17, 15) is 5.11 Å². The molecule has 0 spiro atoms. The maximum Gasteiger partial charge on any atom is 0.115 e. The minimum Gasteiger partial charge on any atom is -0.380 e. The van der Waals surface area contributed by atoms with Crippen LogP contribution in [0.5, 0.6) is 0 Å². The molecule has 0 fully saturated rings. The number of unbranched alkanes of at least 4 members (excludes halogenated alkanes) is 2. The summed E-state index contributed by atoms with van der Waals surface area (Å²) in [5, 5.41) is 9.44. The molecule has 0 saturated carbocycles. The summed E-state index contributed by atoms with van der Waals surface area (Å²) in [6.45, 7) is 5.41. The normalized spacial score (nSPS) is 11.1. The van der Waals surface area contributed by atoms with Crippen molar-refractivity contribution < 1.29 is 5.11 Å². The summed E-state index contributed by atoms with van der Waals surface area (Å²) in [5.74, 6) is 11.0. The second-order valence-electron chi connectivity index (χ2n) is 3.11. The molecule has 0 bridgehead atoms. The monoisotopic (exact) mass is 202 g/mol. The fourth-order valence-electron chi connectivity index (χ4n) is 1.01. The first-order chi connectivity index (χ1) is 7.31. The number of hydrogen-bond donors (Lipinski definition) is 1. The van der Waals surface area contributed by atoms with Gasteiger partial charge in [-0.2, -0.15) is 0 Å². The molecule has 0 aromatic rings. The molecule has 0 rings (SSSR count). The van der Waals surface area contributed by atoms with Gasteiger partial charge in [-0.05, 0) is 44.8 Å². The first-order valence-electron chi connectivity index (χ1n) is 5.18. The minimum absolute atomic E-state index is 0.519. The number of hydrogen-bond acceptors (Lipinski definition) is 1. The second-order valence-corrected chi connectivity index (χ2v) is 3.11. The van der Waals surface area contributed by atoms with Crippen molar-refractivity contribution in [1.29, 1.82) is 0 Å². The zero-order valence-electron chi connectivity index (χ0n) is 9.29. The highest BCUT2D eigenvalue weighted by Gasteiger charge is 1.96. The van der Waals surface area contributed by atoms with Crippen molar-refractivity contribution in [1.82, 2.24) is 0 Å². The van der Waals surface area contributed by atoms with E-state index in [4.69, 9.17) is 0 Å². The van der Waals surface area contributed by atoms with E-state index >= 15 is 0 Å². The first kappa shape index (κ1) is 13.6. The van der Waals surface area contributed by atoms with Gasteiger partial charge in [0.25, 0.3) is 0 Å². The van der Waals surface area contributed by atoms with Crippen LogP contribution in [0.2, 0.25) is 0 Å². The Hall–Kier alpha value is -1.44. The van der Waals surface area contributed by atoms with Crippen LogP contribution in [0.4, 0.5) is 0 Å². The van der Waals surface area contributed by atoms with E-state index in [2.05, 4.69) is 30.3 Å². The molecule has 0 saturated heterocycles. The van der Waals surface area contributed by atoms with Crippen LogP contribution in [0.25, 0.3) is 0 Å². The molecule has 0 aliphatic rings. The quantitative estimate of drug-likeness (QED) is 0.413. The van der Waals surface area contributed by atoms with Gasteiger partial charge in [0.2, 0.25) is 0 Å². The Labute approximate surface area is 92.9 Å². The van der Waals surface area contributed by atoms with Crippen LogP contribution in [0.15, 0.2) is 24.8 Å². The third kappa shape index (κ3) is 10.5. The standard InChI is InChI=1S/C14H18O/c1-3-5-7-9-11-13-14(15)12-10-8-6-4-2/h4,7,9,14-15H,2,6,8,10,12H2,1H3/b9-7-. The van der Waals surface area contributed by atoms with E-state index in [1.165, 1.54) is 0 Å². The Bertz CT molecular complexity index is 304. The van der Waals surface area contributed by atoms with Gasteiger partial charge >= 0.3 is 0 Å². The molecule has 1 atom stereocenters. The maximum atomic E-state index is 9.44. The lowest BCUT2D eigenvalue weighted by Crippen LogP contribution is -2.01. The van der Waals surface area contributed by atoms with Gasteiger partial charge in [-0.3, -0.25) is 0 Å². The fourth-order valence-corrected chi connectivity index (χ4v) is 1.01. The SMILES string of the molecule is C=CCCCCC(O)C#C/C=C\C#CC. The topological polar surface area (TPSA) is 20.2 Å². The Morgan fingerprint density at radius 3 is 2.67 bits per heavy atom. The average molecular weight is 202 g/mol. The molecule has 1 N–H and O–H groups in total. The summed E-state index contributed by atoms with van der Waals surface area (Å²) in [6, 6.07) is 0. The maximum absolute atomic E-state index is 9.44. The second kappa shape index (κ2) is 10.6. The third-order valence-electron chi connectivity index (χ3n) is 1.78. The van der Waals surface area contributed by atoms with Crippen LogP contribution in [0, 0.1) is 23.7 Å². The molecule has 0 aromatic heterocycles. The van der Waals surface area contributed by atoms with Gasteiger partial charge in [0.15, 0.2) is 0 Å². The van der Waals surface area contributed by atoms with Crippen molar-refractivity contribution in [2.24, 2.45) is 0 Å². The summed E-state index contributed by atoms with van der Waals surface area (Å²) in [6.07, 6.45) is 8.50. The Balaban J connectivity index is 3.65. The molecular weight excluding hydrogens is 184 g/mol. The van der Waals surface area contributed by atoms with Crippen molar-refractivity contribution in [2.75, 3.05) is 0 Å². The van der Waals surface area contributed by atoms with E-state index in [1.807, 2.05) is 6.08 Å².